The Bertz CT molecular complexity index is 941. The van der Waals surface area contributed by atoms with Crippen molar-refractivity contribution >= 4 is 10.8 Å². The summed E-state index contributed by atoms with van der Waals surface area (Å²) in [7, 11) is 0. The van der Waals surface area contributed by atoms with Crippen LogP contribution >= 0.6 is 0 Å². The molecule has 2 N–H and O–H groups in total. The highest BCUT2D eigenvalue weighted by Crippen LogP contribution is 2.39. The van der Waals surface area contributed by atoms with E-state index in [0.29, 0.717) is 18.2 Å². The van der Waals surface area contributed by atoms with Gasteiger partial charge >= 0.3 is 0 Å². The number of hydrogen-bond acceptors (Lipinski definition) is 2. The molecule has 2 nitrogen and oxygen atoms in total. The molecule has 0 fully saturated rings. The van der Waals surface area contributed by atoms with Crippen LogP contribution in [0.5, 0.6) is 5.75 Å². The van der Waals surface area contributed by atoms with Gasteiger partial charge in [-0.3, -0.25) is 0 Å². The predicted molar refractivity (Wildman–Crippen MR) is 85.3 cm³/mol. The molecule has 0 saturated carbocycles. The number of nitrogens with two attached hydrogens (primary N) is 1. The van der Waals surface area contributed by atoms with Crippen LogP contribution in [0.1, 0.15) is 17.2 Å². The fourth-order valence-electron chi connectivity index (χ4n) is 3.25. The van der Waals surface area contributed by atoms with Gasteiger partial charge in [-0.05, 0) is 29.3 Å². The van der Waals surface area contributed by atoms with E-state index in [0.717, 1.165) is 22.4 Å². The lowest BCUT2D eigenvalue weighted by Gasteiger charge is -2.32. The number of benzene rings is 3. The summed E-state index contributed by atoms with van der Waals surface area (Å²) < 4.78 is 46.6. The monoisotopic (exact) mass is 329 g/mol. The maximum atomic E-state index is 14.1. The molecule has 0 radical (unpaired) electrons. The minimum absolute atomic E-state index is 0.0693. The van der Waals surface area contributed by atoms with Gasteiger partial charge in [-0.1, -0.05) is 30.3 Å². The Morgan fingerprint density at radius 3 is 2.50 bits per heavy atom. The third-order valence-electron chi connectivity index (χ3n) is 4.43. The molecule has 4 rings (SSSR count). The van der Waals surface area contributed by atoms with Gasteiger partial charge in [0.1, 0.15) is 17.7 Å². The average molecular weight is 329 g/mol. The molecular formula is C19H14F3NO. The van der Waals surface area contributed by atoms with E-state index < -0.39 is 29.6 Å². The minimum atomic E-state index is -1.23. The van der Waals surface area contributed by atoms with Crippen LogP contribution in [-0.4, -0.2) is 6.04 Å². The van der Waals surface area contributed by atoms with Gasteiger partial charge in [0.25, 0.3) is 0 Å². The van der Waals surface area contributed by atoms with Gasteiger partial charge in [-0.2, -0.15) is 0 Å². The molecule has 0 bridgehead atoms. The molecule has 1 aliphatic rings. The first kappa shape index (κ1) is 15.0. The van der Waals surface area contributed by atoms with Gasteiger partial charge in [0.15, 0.2) is 11.6 Å². The Morgan fingerprint density at radius 1 is 0.917 bits per heavy atom. The van der Waals surface area contributed by atoms with Crippen molar-refractivity contribution in [3.63, 3.8) is 0 Å². The Morgan fingerprint density at radius 2 is 1.67 bits per heavy atom. The first-order chi connectivity index (χ1) is 11.5. The van der Waals surface area contributed by atoms with Crippen molar-refractivity contribution in [3.05, 3.63) is 77.1 Å². The molecule has 2 atom stereocenters. The van der Waals surface area contributed by atoms with Crippen LogP contribution in [0, 0.1) is 17.5 Å². The highest BCUT2D eigenvalue weighted by molar-refractivity contribution is 5.88. The molecule has 122 valence electrons. The second-order valence-electron chi connectivity index (χ2n) is 5.96. The van der Waals surface area contributed by atoms with Crippen LogP contribution in [0.25, 0.3) is 10.8 Å². The number of fused-ring (bicyclic) bond motifs is 3. The van der Waals surface area contributed by atoms with E-state index in [4.69, 9.17) is 10.5 Å². The molecule has 1 heterocycles. The van der Waals surface area contributed by atoms with Crippen LogP contribution < -0.4 is 10.5 Å². The van der Waals surface area contributed by atoms with Crippen molar-refractivity contribution in [1.82, 2.24) is 0 Å². The molecule has 3 aromatic carbocycles. The molecule has 0 amide bonds. The molecule has 3 aromatic rings. The number of hydrogen-bond donors (Lipinski definition) is 1. The smallest absolute Gasteiger partial charge is 0.161 e. The molecule has 0 spiro atoms. The van der Waals surface area contributed by atoms with Gasteiger partial charge in [-0.15, -0.1) is 0 Å². The summed E-state index contributed by atoms with van der Waals surface area (Å²) in [5, 5.41) is 2.08. The van der Waals surface area contributed by atoms with Crippen molar-refractivity contribution in [2.75, 3.05) is 0 Å². The summed E-state index contributed by atoms with van der Waals surface area (Å²) in [4.78, 5) is 0. The summed E-state index contributed by atoms with van der Waals surface area (Å²) in [6.45, 7) is 0. The normalized spacial score (nSPS) is 19.8. The van der Waals surface area contributed by atoms with Crippen LogP contribution in [0.3, 0.4) is 0 Å². The predicted octanol–water partition coefficient (Wildman–Crippen LogP) is 4.26. The highest BCUT2D eigenvalue weighted by Gasteiger charge is 2.32. The van der Waals surface area contributed by atoms with Crippen molar-refractivity contribution in [1.29, 1.82) is 0 Å². The van der Waals surface area contributed by atoms with Gasteiger partial charge < -0.3 is 10.5 Å². The van der Waals surface area contributed by atoms with Gasteiger partial charge in [-0.25, -0.2) is 13.2 Å². The number of halogens is 3. The lowest BCUT2D eigenvalue weighted by molar-refractivity contribution is 0.149. The van der Waals surface area contributed by atoms with Crippen molar-refractivity contribution in [2.45, 2.75) is 18.6 Å². The summed E-state index contributed by atoms with van der Waals surface area (Å²) in [6.07, 6.45) is -0.409. The van der Waals surface area contributed by atoms with Gasteiger partial charge in [0, 0.05) is 17.2 Å². The molecule has 1 unspecified atom stereocenters. The summed E-state index contributed by atoms with van der Waals surface area (Å²) in [5.41, 5.74) is 7.04. The molecule has 0 aromatic heterocycles. The van der Waals surface area contributed by atoms with Crippen molar-refractivity contribution < 1.29 is 17.9 Å². The largest absolute Gasteiger partial charge is 0.484 e. The first-order valence-corrected chi connectivity index (χ1v) is 7.62. The maximum absolute atomic E-state index is 14.1. The summed E-state index contributed by atoms with van der Waals surface area (Å²) in [5.74, 6) is -2.62. The fourth-order valence-corrected chi connectivity index (χ4v) is 3.25. The first-order valence-electron chi connectivity index (χ1n) is 7.62. The molecule has 5 heteroatoms. The molecule has 24 heavy (non-hydrogen) atoms. The van der Waals surface area contributed by atoms with Crippen molar-refractivity contribution in [2.24, 2.45) is 5.73 Å². The average Bonchev–Trinajstić information content (AvgIpc) is 2.58. The fraction of sp³-hybridized carbons (Fsp3) is 0.158. The quantitative estimate of drug-likeness (QED) is 0.677. The SMILES string of the molecule is N[C@@H]1Cc2c(ccc3ccccc23)OC1c1cc(F)c(F)cc1F. The Hall–Kier alpha value is -2.53. The standard InChI is InChI=1S/C19H14F3NO/c20-14-9-16(22)15(21)7-13(14)19-17(23)8-12-11-4-2-1-3-10(11)5-6-18(12)24-19/h1-7,9,17,19H,8,23H2/t17-,19?/m1/s1. The van der Waals surface area contributed by atoms with E-state index in [-0.39, 0.29) is 5.56 Å². The number of rotatable bonds is 1. The van der Waals surface area contributed by atoms with E-state index in [9.17, 15) is 13.2 Å². The minimum Gasteiger partial charge on any atom is -0.484 e. The van der Waals surface area contributed by atoms with E-state index >= 15 is 0 Å². The third-order valence-corrected chi connectivity index (χ3v) is 4.43. The lowest BCUT2D eigenvalue weighted by Crippen LogP contribution is -2.38. The topological polar surface area (TPSA) is 35.2 Å². The van der Waals surface area contributed by atoms with E-state index in [1.807, 2.05) is 30.3 Å². The van der Waals surface area contributed by atoms with Crippen molar-refractivity contribution in [3.8, 4) is 5.75 Å². The Labute approximate surface area is 136 Å². The molecular weight excluding hydrogens is 315 g/mol. The maximum Gasteiger partial charge on any atom is 0.161 e. The zero-order valence-corrected chi connectivity index (χ0v) is 12.6. The van der Waals surface area contributed by atoms with E-state index in [1.54, 1.807) is 6.07 Å². The molecule has 0 saturated heterocycles. The van der Waals surface area contributed by atoms with Crippen LogP contribution in [0.15, 0.2) is 48.5 Å². The van der Waals surface area contributed by atoms with E-state index in [1.165, 1.54) is 0 Å². The second kappa shape index (κ2) is 5.53. The summed E-state index contributed by atoms with van der Waals surface area (Å²) in [6, 6.07) is 12.3. The molecule has 1 aliphatic heterocycles. The van der Waals surface area contributed by atoms with Gasteiger partial charge in [0.2, 0.25) is 0 Å². The Kier molecular flexibility index (Phi) is 3.46. The molecule has 0 aliphatic carbocycles. The third kappa shape index (κ3) is 2.32. The summed E-state index contributed by atoms with van der Waals surface area (Å²) >= 11 is 0. The lowest BCUT2D eigenvalue weighted by atomic mass is 9.90. The zero-order valence-electron chi connectivity index (χ0n) is 12.6. The van der Waals surface area contributed by atoms with Crippen LogP contribution in [-0.2, 0) is 6.42 Å². The highest BCUT2D eigenvalue weighted by atomic mass is 19.2. The van der Waals surface area contributed by atoms with Crippen LogP contribution in [0.4, 0.5) is 13.2 Å². The zero-order chi connectivity index (χ0) is 16.8. The van der Waals surface area contributed by atoms with Gasteiger partial charge in [0.05, 0.1) is 6.04 Å². The van der Waals surface area contributed by atoms with E-state index in [2.05, 4.69) is 0 Å². The second-order valence-corrected chi connectivity index (χ2v) is 5.96. The number of ether oxygens (including phenoxy) is 1. The Balaban J connectivity index is 1.80. The van der Waals surface area contributed by atoms with Crippen LogP contribution in [0.2, 0.25) is 0 Å².